The molecule has 0 fully saturated rings. The van der Waals surface area contributed by atoms with Crippen molar-refractivity contribution in [3.05, 3.63) is 0 Å². The summed E-state index contributed by atoms with van der Waals surface area (Å²) in [6.45, 7) is 3.05. The first-order chi connectivity index (χ1) is 15.1. The van der Waals surface area contributed by atoms with E-state index < -0.39 is 90.8 Å². The molecule has 11 N–H and O–H groups in total. The summed E-state index contributed by atoms with van der Waals surface area (Å²) in [5.74, 6) is -8.10. The Morgan fingerprint density at radius 3 is 1.67 bits per heavy atom. The summed E-state index contributed by atoms with van der Waals surface area (Å²) < 4.78 is 0. The number of rotatable bonds is 15. The number of carboxylic acid groups (broad SMARTS) is 2. The number of primary amides is 2. The Hall–Kier alpha value is -3.75. The second-order valence-electron chi connectivity index (χ2n) is 7.57. The van der Waals surface area contributed by atoms with E-state index in [1.165, 1.54) is 13.8 Å². The molecule has 186 valence electrons. The van der Waals surface area contributed by atoms with E-state index in [0.29, 0.717) is 0 Å². The maximum absolute atomic E-state index is 12.7. The molecule has 5 amide bonds. The summed E-state index contributed by atoms with van der Waals surface area (Å²) >= 11 is 0. The SMILES string of the molecule is CC(C)C(NC(=O)C(CC(N)=O)NC(=O)C(N)CCC(=O)O)C(=O)NC(CC(N)=O)C(=O)O. The first-order valence-electron chi connectivity index (χ1n) is 9.83. The molecule has 0 aliphatic rings. The number of carboxylic acids is 2. The molecule has 33 heavy (non-hydrogen) atoms. The molecular formula is C18H30N6O9. The van der Waals surface area contributed by atoms with E-state index in [1.54, 1.807) is 0 Å². The lowest BCUT2D eigenvalue weighted by molar-refractivity contribution is -0.144. The molecule has 0 bridgehead atoms. The molecule has 15 heteroatoms. The van der Waals surface area contributed by atoms with Crippen LogP contribution in [0, 0.1) is 5.92 Å². The minimum absolute atomic E-state index is 0.237. The largest absolute Gasteiger partial charge is 0.481 e. The van der Waals surface area contributed by atoms with Gasteiger partial charge in [-0.05, 0) is 12.3 Å². The van der Waals surface area contributed by atoms with Crippen molar-refractivity contribution in [3.8, 4) is 0 Å². The van der Waals surface area contributed by atoms with Gasteiger partial charge in [0.1, 0.15) is 18.1 Å². The van der Waals surface area contributed by atoms with E-state index in [9.17, 15) is 33.6 Å². The number of amides is 5. The van der Waals surface area contributed by atoms with Gasteiger partial charge in [0.25, 0.3) is 0 Å². The second-order valence-corrected chi connectivity index (χ2v) is 7.57. The third kappa shape index (κ3) is 11.4. The molecular weight excluding hydrogens is 444 g/mol. The average Bonchev–Trinajstić information content (AvgIpc) is 2.67. The molecule has 0 radical (unpaired) electrons. The molecule has 0 rings (SSSR count). The lowest BCUT2D eigenvalue weighted by Gasteiger charge is -2.26. The normalized spacial score (nSPS) is 14.3. The lowest BCUT2D eigenvalue weighted by Crippen LogP contribution is -2.59. The number of hydrogen-bond donors (Lipinski definition) is 8. The van der Waals surface area contributed by atoms with Crippen LogP contribution >= 0.6 is 0 Å². The maximum Gasteiger partial charge on any atom is 0.326 e. The molecule has 15 nitrogen and oxygen atoms in total. The molecule has 0 spiro atoms. The van der Waals surface area contributed by atoms with Crippen molar-refractivity contribution in [1.82, 2.24) is 16.0 Å². The summed E-state index contributed by atoms with van der Waals surface area (Å²) in [4.78, 5) is 81.6. The van der Waals surface area contributed by atoms with Crippen LogP contribution in [0.4, 0.5) is 0 Å². The summed E-state index contributed by atoms with van der Waals surface area (Å²) in [5.41, 5.74) is 15.7. The zero-order chi connectivity index (χ0) is 25.9. The molecule has 0 aliphatic heterocycles. The van der Waals surface area contributed by atoms with E-state index in [4.69, 9.17) is 27.4 Å². The van der Waals surface area contributed by atoms with Gasteiger partial charge in [-0.1, -0.05) is 13.8 Å². The Labute approximate surface area is 188 Å². The van der Waals surface area contributed by atoms with Gasteiger partial charge < -0.3 is 43.4 Å². The zero-order valence-corrected chi connectivity index (χ0v) is 18.2. The lowest BCUT2D eigenvalue weighted by atomic mass is 10.0. The molecule has 0 aliphatic carbocycles. The number of carbonyl (C=O) groups is 7. The Bertz CT molecular complexity index is 785. The van der Waals surface area contributed by atoms with E-state index >= 15 is 0 Å². The molecule has 4 atom stereocenters. The van der Waals surface area contributed by atoms with Crippen LogP contribution in [0.25, 0.3) is 0 Å². The van der Waals surface area contributed by atoms with Crippen LogP contribution in [0.15, 0.2) is 0 Å². The van der Waals surface area contributed by atoms with Gasteiger partial charge in [-0.15, -0.1) is 0 Å². The molecule has 0 aromatic rings. The monoisotopic (exact) mass is 474 g/mol. The summed E-state index contributed by atoms with van der Waals surface area (Å²) in [5, 5.41) is 24.4. The van der Waals surface area contributed by atoms with Crippen LogP contribution in [0.3, 0.4) is 0 Å². The van der Waals surface area contributed by atoms with Gasteiger partial charge in [0.05, 0.1) is 18.9 Å². The van der Waals surface area contributed by atoms with Gasteiger partial charge in [-0.25, -0.2) is 4.79 Å². The molecule has 0 aromatic heterocycles. The number of aliphatic carboxylic acids is 2. The average molecular weight is 474 g/mol. The standard InChI is InChI=1S/C18H30N6O9/c1-7(2)14(17(31)23-10(18(32)33)6-12(21)26)24-16(30)9(5-11(20)25)22-15(29)8(19)3-4-13(27)28/h7-10,14H,3-6,19H2,1-2H3,(H2,20,25)(H2,21,26)(H,22,29)(H,23,31)(H,24,30)(H,27,28)(H,32,33). The number of nitrogens with one attached hydrogen (secondary N) is 3. The number of carbonyl (C=O) groups excluding carboxylic acids is 5. The third-order valence-electron chi connectivity index (χ3n) is 4.31. The quantitative estimate of drug-likeness (QED) is 0.114. The first-order valence-corrected chi connectivity index (χ1v) is 9.83. The minimum Gasteiger partial charge on any atom is -0.481 e. The van der Waals surface area contributed by atoms with E-state index in [-0.39, 0.29) is 6.42 Å². The fraction of sp³-hybridized carbons (Fsp3) is 0.611. The van der Waals surface area contributed by atoms with Crippen LogP contribution in [-0.2, 0) is 33.6 Å². The highest BCUT2D eigenvalue weighted by atomic mass is 16.4. The van der Waals surface area contributed by atoms with E-state index in [0.717, 1.165) is 0 Å². The summed E-state index contributed by atoms with van der Waals surface area (Å²) in [7, 11) is 0. The van der Waals surface area contributed by atoms with Gasteiger partial charge in [0, 0.05) is 6.42 Å². The maximum atomic E-state index is 12.7. The number of hydrogen-bond acceptors (Lipinski definition) is 8. The van der Waals surface area contributed by atoms with Crippen molar-refractivity contribution in [2.24, 2.45) is 23.1 Å². The zero-order valence-electron chi connectivity index (χ0n) is 18.2. The second kappa shape index (κ2) is 13.6. The Balaban J connectivity index is 5.43. The van der Waals surface area contributed by atoms with Gasteiger partial charge in [0.2, 0.25) is 29.5 Å². The molecule has 0 saturated carbocycles. The molecule has 4 unspecified atom stereocenters. The number of nitrogens with two attached hydrogens (primary N) is 3. The predicted molar refractivity (Wildman–Crippen MR) is 111 cm³/mol. The van der Waals surface area contributed by atoms with Gasteiger partial charge in [0.15, 0.2) is 0 Å². The van der Waals surface area contributed by atoms with Crippen molar-refractivity contribution in [3.63, 3.8) is 0 Å². The fourth-order valence-corrected chi connectivity index (χ4v) is 2.55. The van der Waals surface area contributed by atoms with Crippen molar-refractivity contribution >= 4 is 41.5 Å². The Morgan fingerprint density at radius 2 is 1.24 bits per heavy atom. The van der Waals surface area contributed by atoms with Crippen LogP contribution in [0.2, 0.25) is 0 Å². The first kappa shape index (κ1) is 29.2. The van der Waals surface area contributed by atoms with Crippen molar-refractivity contribution < 1.29 is 43.8 Å². The summed E-state index contributed by atoms with van der Waals surface area (Å²) in [6.07, 6.45) is -1.99. The highest BCUT2D eigenvalue weighted by Crippen LogP contribution is 2.06. The highest BCUT2D eigenvalue weighted by Gasteiger charge is 2.33. The van der Waals surface area contributed by atoms with E-state index in [1.807, 2.05) is 0 Å². The Kier molecular flexibility index (Phi) is 12.1. The highest BCUT2D eigenvalue weighted by molar-refractivity contribution is 5.96. The third-order valence-corrected chi connectivity index (χ3v) is 4.31. The topological polar surface area (TPSA) is 274 Å². The molecule has 0 heterocycles. The van der Waals surface area contributed by atoms with Crippen molar-refractivity contribution in [1.29, 1.82) is 0 Å². The van der Waals surface area contributed by atoms with Crippen molar-refractivity contribution in [2.45, 2.75) is 63.7 Å². The van der Waals surface area contributed by atoms with E-state index in [2.05, 4.69) is 16.0 Å². The van der Waals surface area contributed by atoms with Gasteiger partial charge >= 0.3 is 11.9 Å². The van der Waals surface area contributed by atoms with Crippen LogP contribution in [0.5, 0.6) is 0 Å². The van der Waals surface area contributed by atoms with Crippen LogP contribution in [0.1, 0.15) is 39.5 Å². The molecule has 0 aromatic carbocycles. The minimum atomic E-state index is -1.64. The molecule has 0 saturated heterocycles. The van der Waals surface area contributed by atoms with Crippen molar-refractivity contribution in [2.75, 3.05) is 0 Å². The predicted octanol–water partition coefficient (Wildman–Crippen LogP) is -3.88. The van der Waals surface area contributed by atoms with Gasteiger partial charge in [-0.3, -0.25) is 28.8 Å². The van der Waals surface area contributed by atoms with Crippen LogP contribution in [-0.4, -0.2) is 75.9 Å². The van der Waals surface area contributed by atoms with Crippen LogP contribution < -0.4 is 33.2 Å². The Morgan fingerprint density at radius 1 is 0.758 bits per heavy atom. The van der Waals surface area contributed by atoms with Gasteiger partial charge in [-0.2, -0.15) is 0 Å². The summed E-state index contributed by atoms with van der Waals surface area (Å²) in [6, 6.07) is -5.79. The fourth-order valence-electron chi connectivity index (χ4n) is 2.55. The smallest absolute Gasteiger partial charge is 0.326 e.